The van der Waals surface area contributed by atoms with Crippen LogP contribution in [0.1, 0.15) is 16.7 Å². The minimum absolute atomic E-state index is 0.245. The second kappa shape index (κ2) is 9.14. The zero-order valence-electron chi connectivity index (χ0n) is 15.0. The summed E-state index contributed by atoms with van der Waals surface area (Å²) in [5.41, 5.74) is 4.19. The fourth-order valence-corrected chi connectivity index (χ4v) is 2.64. The molecule has 3 rings (SSSR count). The summed E-state index contributed by atoms with van der Waals surface area (Å²) >= 11 is 5.33. The van der Waals surface area contributed by atoms with Crippen LogP contribution >= 0.6 is 12.2 Å². The van der Waals surface area contributed by atoms with Crippen LogP contribution in [0.15, 0.2) is 72.8 Å². The molecule has 27 heavy (non-hydrogen) atoms. The summed E-state index contributed by atoms with van der Waals surface area (Å²) < 4.78 is 18.6. The molecule has 138 valence electrons. The van der Waals surface area contributed by atoms with Crippen LogP contribution in [0.25, 0.3) is 0 Å². The number of hydrogen-bond acceptors (Lipinski definition) is 2. The lowest BCUT2D eigenvalue weighted by molar-refractivity contribution is 0.306. The molecule has 0 saturated heterocycles. The summed E-state index contributed by atoms with van der Waals surface area (Å²) in [6.07, 6.45) is 0. The van der Waals surface area contributed by atoms with Gasteiger partial charge in [0.25, 0.3) is 0 Å². The molecular formula is C22H21FN2OS. The molecule has 0 fully saturated rings. The van der Waals surface area contributed by atoms with Gasteiger partial charge in [-0.2, -0.15) is 0 Å². The number of halogens is 1. The van der Waals surface area contributed by atoms with Crippen LogP contribution in [0.5, 0.6) is 5.75 Å². The first-order valence-electron chi connectivity index (χ1n) is 8.66. The summed E-state index contributed by atoms with van der Waals surface area (Å²) in [5.74, 6) is 0.522. The molecule has 0 atom stereocenters. The van der Waals surface area contributed by atoms with E-state index in [1.165, 1.54) is 17.7 Å². The Labute approximate surface area is 164 Å². The van der Waals surface area contributed by atoms with Crippen LogP contribution in [0.3, 0.4) is 0 Å². The average Bonchev–Trinajstić information content (AvgIpc) is 2.68. The molecule has 0 radical (unpaired) electrons. The van der Waals surface area contributed by atoms with Gasteiger partial charge >= 0.3 is 0 Å². The quantitative estimate of drug-likeness (QED) is 0.576. The Morgan fingerprint density at radius 3 is 2.19 bits per heavy atom. The molecule has 3 nitrogen and oxygen atoms in total. The number of hydrogen-bond donors (Lipinski definition) is 2. The summed E-state index contributed by atoms with van der Waals surface area (Å²) in [6.45, 7) is 3.08. The van der Waals surface area contributed by atoms with Crippen LogP contribution in [-0.2, 0) is 13.2 Å². The third-order valence-electron chi connectivity index (χ3n) is 4.00. The third kappa shape index (κ3) is 6.08. The van der Waals surface area contributed by atoms with E-state index in [4.69, 9.17) is 17.0 Å². The lowest BCUT2D eigenvalue weighted by atomic mass is 10.2. The maximum Gasteiger partial charge on any atom is 0.171 e. The van der Waals surface area contributed by atoms with Crippen LogP contribution in [0, 0.1) is 12.7 Å². The van der Waals surface area contributed by atoms with Crippen molar-refractivity contribution in [3.05, 3.63) is 95.3 Å². The minimum atomic E-state index is -0.245. The van der Waals surface area contributed by atoms with Crippen molar-refractivity contribution in [1.82, 2.24) is 5.32 Å². The van der Waals surface area contributed by atoms with E-state index in [9.17, 15) is 4.39 Å². The third-order valence-corrected chi connectivity index (χ3v) is 4.25. The van der Waals surface area contributed by atoms with E-state index < -0.39 is 0 Å². The van der Waals surface area contributed by atoms with E-state index in [1.54, 1.807) is 12.1 Å². The molecule has 0 heterocycles. The topological polar surface area (TPSA) is 33.3 Å². The highest BCUT2D eigenvalue weighted by molar-refractivity contribution is 7.80. The van der Waals surface area contributed by atoms with Crippen LogP contribution in [0.2, 0.25) is 0 Å². The molecule has 0 saturated carbocycles. The van der Waals surface area contributed by atoms with E-state index in [2.05, 4.69) is 10.6 Å². The summed E-state index contributed by atoms with van der Waals surface area (Å²) in [4.78, 5) is 0. The van der Waals surface area contributed by atoms with Crippen LogP contribution in [0.4, 0.5) is 10.1 Å². The molecule has 5 heteroatoms. The number of ether oxygens (including phenoxy) is 1. The number of anilines is 1. The predicted molar refractivity (Wildman–Crippen MR) is 111 cm³/mol. The van der Waals surface area contributed by atoms with Crippen LogP contribution < -0.4 is 15.4 Å². The number of nitrogens with one attached hydrogen (secondary N) is 2. The molecule has 0 amide bonds. The molecule has 3 aromatic rings. The lowest BCUT2D eigenvalue weighted by Crippen LogP contribution is -2.27. The molecule has 0 aliphatic rings. The SMILES string of the molecule is Cc1ccc(NC(=S)NCc2ccc(OCc3ccc(F)cc3)cc2)cc1. The molecule has 0 aliphatic carbocycles. The highest BCUT2D eigenvalue weighted by Gasteiger charge is 2.00. The summed E-state index contributed by atoms with van der Waals surface area (Å²) in [5, 5.41) is 6.93. The van der Waals surface area contributed by atoms with Crippen molar-refractivity contribution in [2.24, 2.45) is 0 Å². The normalized spacial score (nSPS) is 10.3. The van der Waals surface area contributed by atoms with Gasteiger partial charge in [-0.25, -0.2) is 4.39 Å². The number of thiocarbonyl (C=S) groups is 1. The number of benzene rings is 3. The average molecular weight is 380 g/mol. The Kier molecular flexibility index (Phi) is 6.39. The fraction of sp³-hybridized carbons (Fsp3) is 0.136. The number of aryl methyl sites for hydroxylation is 1. The molecule has 0 unspecified atom stereocenters. The largest absolute Gasteiger partial charge is 0.489 e. The van der Waals surface area contributed by atoms with Gasteiger partial charge in [0.05, 0.1) is 0 Å². The molecule has 3 aromatic carbocycles. The molecular weight excluding hydrogens is 359 g/mol. The monoisotopic (exact) mass is 380 g/mol. The first kappa shape index (κ1) is 18.9. The number of rotatable bonds is 6. The van der Waals surface area contributed by atoms with Gasteiger partial charge in [-0.15, -0.1) is 0 Å². The van der Waals surface area contributed by atoms with Crippen LogP contribution in [-0.4, -0.2) is 5.11 Å². The molecule has 0 spiro atoms. The second-order valence-electron chi connectivity index (χ2n) is 6.23. The van der Waals surface area contributed by atoms with Crippen molar-refractivity contribution < 1.29 is 9.13 Å². The van der Waals surface area contributed by atoms with Gasteiger partial charge in [0.2, 0.25) is 0 Å². The maximum absolute atomic E-state index is 12.9. The van der Waals surface area contributed by atoms with Crippen molar-refractivity contribution >= 4 is 23.0 Å². The Bertz CT molecular complexity index is 878. The minimum Gasteiger partial charge on any atom is -0.489 e. The van der Waals surface area contributed by atoms with Gasteiger partial charge in [0, 0.05) is 12.2 Å². The molecule has 0 bridgehead atoms. The van der Waals surface area contributed by atoms with Gasteiger partial charge in [0.15, 0.2) is 5.11 Å². The standard InChI is InChI=1S/C22H21FN2OS/c1-16-2-10-20(11-3-16)25-22(27)24-14-17-6-12-21(13-7-17)26-15-18-4-8-19(23)9-5-18/h2-13H,14-15H2,1H3,(H2,24,25,27). The highest BCUT2D eigenvalue weighted by atomic mass is 32.1. The van der Waals surface area contributed by atoms with Crippen molar-refractivity contribution in [3.8, 4) is 5.75 Å². The van der Waals surface area contributed by atoms with Gasteiger partial charge in [-0.3, -0.25) is 0 Å². The van der Waals surface area contributed by atoms with E-state index in [-0.39, 0.29) is 5.82 Å². The van der Waals surface area contributed by atoms with Crippen molar-refractivity contribution in [2.75, 3.05) is 5.32 Å². The zero-order chi connectivity index (χ0) is 19.1. The lowest BCUT2D eigenvalue weighted by Gasteiger charge is -2.11. The Balaban J connectivity index is 1.45. The first-order chi connectivity index (χ1) is 13.1. The first-order valence-corrected chi connectivity index (χ1v) is 9.07. The zero-order valence-corrected chi connectivity index (χ0v) is 15.9. The van der Waals surface area contributed by atoms with E-state index in [1.807, 2.05) is 55.5 Å². The van der Waals surface area contributed by atoms with E-state index in [0.29, 0.717) is 18.3 Å². The summed E-state index contributed by atoms with van der Waals surface area (Å²) in [6, 6.07) is 22.2. The second-order valence-corrected chi connectivity index (χ2v) is 6.64. The Morgan fingerprint density at radius 1 is 0.889 bits per heavy atom. The van der Waals surface area contributed by atoms with Gasteiger partial charge in [0.1, 0.15) is 18.2 Å². The Hall–Kier alpha value is -2.92. The molecule has 2 N–H and O–H groups in total. The van der Waals surface area contributed by atoms with E-state index in [0.717, 1.165) is 22.6 Å². The van der Waals surface area contributed by atoms with Gasteiger partial charge < -0.3 is 15.4 Å². The van der Waals surface area contributed by atoms with Gasteiger partial charge in [-0.05, 0) is 66.7 Å². The van der Waals surface area contributed by atoms with Gasteiger partial charge in [-0.1, -0.05) is 42.0 Å². The highest BCUT2D eigenvalue weighted by Crippen LogP contribution is 2.15. The molecule has 0 aromatic heterocycles. The van der Waals surface area contributed by atoms with Crippen molar-refractivity contribution in [3.63, 3.8) is 0 Å². The van der Waals surface area contributed by atoms with E-state index >= 15 is 0 Å². The molecule has 0 aliphatic heterocycles. The smallest absolute Gasteiger partial charge is 0.171 e. The summed E-state index contributed by atoms with van der Waals surface area (Å²) in [7, 11) is 0. The maximum atomic E-state index is 12.9. The Morgan fingerprint density at radius 2 is 1.52 bits per heavy atom. The fourth-order valence-electron chi connectivity index (χ4n) is 2.45. The predicted octanol–water partition coefficient (Wildman–Crippen LogP) is 5.20. The van der Waals surface area contributed by atoms with Crippen molar-refractivity contribution in [2.45, 2.75) is 20.1 Å². The van der Waals surface area contributed by atoms with Crippen molar-refractivity contribution in [1.29, 1.82) is 0 Å².